The second kappa shape index (κ2) is 7.60. The van der Waals surface area contributed by atoms with E-state index in [1.54, 1.807) is 0 Å². The molecule has 7 nitrogen and oxygen atoms in total. The number of hydrogen-bond donors (Lipinski definition) is 5. The molecule has 0 saturated carbocycles. The topological polar surface area (TPSA) is 135 Å². The Morgan fingerprint density at radius 1 is 1.10 bits per heavy atom. The Bertz CT molecular complexity index is 113. The van der Waals surface area contributed by atoms with Gasteiger partial charge in [0.2, 0.25) is 0 Å². The van der Waals surface area contributed by atoms with Crippen LogP contribution in [0, 0.1) is 0 Å². The van der Waals surface area contributed by atoms with Gasteiger partial charge in [0.25, 0.3) is 0 Å². The van der Waals surface area contributed by atoms with Crippen molar-refractivity contribution in [2.45, 2.75) is 0 Å². The molecule has 0 saturated heterocycles. The van der Waals surface area contributed by atoms with Crippen LogP contribution >= 0.6 is 7.82 Å². The van der Waals surface area contributed by atoms with E-state index in [2.05, 4.69) is 0 Å². The molecule has 0 heterocycles. The third kappa shape index (κ3) is 1960. The summed E-state index contributed by atoms with van der Waals surface area (Å²) in [6.07, 6.45) is 0. The number of phosphoric acid groups is 1. The monoisotopic (exact) mass is 202 g/mol. The summed E-state index contributed by atoms with van der Waals surface area (Å²) in [5, 5.41) is 0. The van der Waals surface area contributed by atoms with E-state index in [4.69, 9.17) is 33.3 Å². The van der Waals surface area contributed by atoms with Crippen molar-refractivity contribution < 1.29 is 33.3 Å². The maximum Gasteiger partial charge on any atom is 0.761 e. The molecule has 0 aromatic heterocycles. The van der Waals surface area contributed by atoms with E-state index in [0.29, 0.717) is 0 Å². The standard InChI is InChI=1S/Mg.H3O4P.H2O3Si.2H/c;1-5(2,3)4;1-4(2)3;;/h;(H3,1,2,3,4);1-2H;;. The van der Waals surface area contributed by atoms with Crippen molar-refractivity contribution in [1.29, 1.82) is 0 Å². The summed E-state index contributed by atoms with van der Waals surface area (Å²) in [6.45, 7) is 0. The van der Waals surface area contributed by atoms with Crippen molar-refractivity contribution in [2.24, 2.45) is 0 Å². The molecular weight excluding hydrogens is 195 g/mol. The third-order valence-electron chi connectivity index (χ3n) is 0. The van der Waals surface area contributed by atoms with Crippen molar-refractivity contribution >= 4 is 40.0 Å². The summed E-state index contributed by atoms with van der Waals surface area (Å²) in [5.41, 5.74) is 0. The van der Waals surface area contributed by atoms with Gasteiger partial charge >= 0.3 is 40.0 Å². The average Bonchev–Trinajstić information content (AvgIpc) is 1.19. The van der Waals surface area contributed by atoms with Gasteiger partial charge < -0.3 is 24.3 Å². The fraction of sp³-hybridized carbons (Fsp3) is 0. The van der Waals surface area contributed by atoms with Crippen molar-refractivity contribution in [3.8, 4) is 0 Å². The van der Waals surface area contributed by atoms with E-state index in [9.17, 15) is 0 Å². The lowest BCUT2D eigenvalue weighted by atomic mass is 15.8. The van der Waals surface area contributed by atoms with Crippen LogP contribution in [0.3, 0.4) is 0 Å². The van der Waals surface area contributed by atoms with Gasteiger partial charge in [0.15, 0.2) is 0 Å². The van der Waals surface area contributed by atoms with Gasteiger partial charge in [-0.25, -0.2) is 4.57 Å². The zero-order valence-corrected chi connectivity index (χ0v) is 5.89. The van der Waals surface area contributed by atoms with Crippen LogP contribution in [0.25, 0.3) is 0 Å². The molecule has 0 bridgehead atoms. The highest BCUT2D eigenvalue weighted by Crippen LogP contribution is 2.25. The van der Waals surface area contributed by atoms with Crippen LogP contribution < -0.4 is 0 Å². The molecule has 0 spiro atoms. The minimum absolute atomic E-state index is 0. The van der Waals surface area contributed by atoms with Gasteiger partial charge in [-0.1, -0.05) is 0 Å². The molecule has 0 aliphatic carbocycles. The van der Waals surface area contributed by atoms with Crippen molar-refractivity contribution in [1.82, 2.24) is 0 Å². The first-order chi connectivity index (χ1) is 3.73. The molecule has 10 heteroatoms. The Hall–Kier alpha value is 0.493. The Labute approximate surface area is 73.6 Å². The molecule has 10 heavy (non-hydrogen) atoms. The molecule has 0 unspecified atom stereocenters. The first-order valence-corrected chi connectivity index (χ1v) is 4.30. The van der Waals surface area contributed by atoms with Crippen LogP contribution in [0.4, 0.5) is 0 Å². The van der Waals surface area contributed by atoms with E-state index in [1.165, 1.54) is 0 Å². The van der Waals surface area contributed by atoms with Crippen LogP contribution in [0.1, 0.15) is 0 Å². The quantitative estimate of drug-likeness (QED) is 0.203. The molecule has 60 valence electrons. The van der Waals surface area contributed by atoms with Gasteiger partial charge in [-0.05, 0) is 0 Å². The summed E-state index contributed by atoms with van der Waals surface area (Å²) in [7, 11) is -7.77. The normalized spacial score (nSPS) is 8.30. The van der Waals surface area contributed by atoms with Crippen molar-refractivity contribution in [2.75, 3.05) is 0 Å². The largest absolute Gasteiger partial charge is 0.761 e. The van der Waals surface area contributed by atoms with Crippen LogP contribution in [-0.4, -0.2) is 56.5 Å². The Morgan fingerprint density at radius 2 is 1.10 bits per heavy atom. The van der Waals surface area contributed by atoms with Crippen LogP contribution in [-0.2, 0) is 9.03 Å². The predicted molar refractivity (Wildman–Crippen MR) is 33.7 cm³/mol. The van der Waals surface area contributed by atoms with Crippen LogP contribution in [0.15, 0.2) is 0 Å². The summed E-state index contributed by atoms with van der Waals surface area (Å²) >= 11 is 0. The first-order valence-electron chi connectivity index (χ1n) is 1.43. The SMILES string of the molecule is O=P(O)(O)O.O=[Si](O)O.[MgH2]. The molecule has 0 radical (unpaired) electrons. The van der Waals surface area contributed by atoms with Gasteiger partial charge in [-0.15, -0.1) is 0 Å². The van der Waals surface area contributed by atoms with Gasteiger partial charge in [-0.3, -0.25) is 4.46 Å². The summed E-state index contributed by atoms with van der Waals surface area (Å²) in [5.74, 6) is 0. The molecule has 0 aliphatic rings. The third-order valence-corrected chi connectivity index (χ3v) is 0. The highest BCUT2D eigenvalue weighted by molar-refractivity contribution is 7.45. The summed E-state index contributed by atoms with van der Waals surface area (Å²) in [4.78, 5) is 35.9. The maximum absolute atomic E-state index is 8.88. The van der Waals surface area contributed by atoms with E-state index in [-0.39, 0.29) is 23.1 Å². The number of hydrogen-bond acceptors (Lipinski definition) is 2. The first kappa shape index (κ1) is 16.8. The molecule has 0 aromatic carbocycles. The molecule has 5 N–H and O–H groups in total. The van der Waals surface area contributed by atoms with Crippen molar-refractivity contribution in [3.63, 3.8) is 0 Å². The molecule has 0 aromatic rings. The summed E-state index contributed by atoms with van der Waals surface area (Å²) in [6, 6.07) is 0. The van der Waals surface area contributed by atoms with Gasteiger partial charge in [0, 0.05) is 0 Å². The van der Waals surface area contributed by atoms with E-state index >= 15 is 0 Å². The minimum atomic E-state index is -4.64. The zero-order valence-electron chi connectivity index (χ0n) is 4.00. The van der Waals surface area contributed by atoms with Crippen LogP contribution in [0.5, 0.6) is 0 Å². The molecule has 0 aliphatic heterocycles. The summed E-state index contributed by atoms with van der Waals surface area (Å²) < 4.78 is 17.6. The fourth-order valence-corrected chi connectivity index (χ4v) is 0. The lowest BCUT2D eigenvalue weighted by Gasteiger charge is -1.82. The Kier molecular flexibility index (Phi) is 12.8. The average molecular weight is 202 g/mol. The van der Waals surface area contributed by atoms with Crippen molar-refractivity contribution in [3.05, 3.63) is 0 Å². The van der Waals surface area contributed by atoms with Gasteiger partial charge in [0.05, 0.1) is 0 Å². The van der Waals surface area contributed by atoms with Gasteiger partial charge in [-0.2, -0.15) is 0 Å². The molecule has 0 rings (SSSR count). The Balaban J connectivity index is -0.0000000910. The van der Waals surface area contributed by atoms with Gasteiger partial charge in [0.1, 0.15) is 0 Å². The lowest BCUT2D eigenvalue weighted by molar-refractivity contribution is 0.275. The highest BCUT2D eigenvalue weighted by Gasteiger charge is 2.00. The van der Waals surface area contributed by atoms with E-state index in [1.807, 2.05) is 0 Å². The highest BCUT2D eigenvalue weighted by atomic mass is 31.2. The lowest BCUT2D eigenvalue weighted by Crippen LogP contribution is -1.90. The molecule has 0 fully saturated rings. The van der Waals surface area contributed by atoms with Crippen LogP contribution in [0.2, 0.25) is 0 Å². The minimum Gasteiger partial charge on any atom is -0.511 e. The maximum atomic E-state index is 8.88. The predicted octanol–water partition coefficient (Wildman–Crippen LogP) is -3.46. The molecule has 0 amide bonds. The number of rotatable bonds is 0. The molecular formula is H7MgO7PSi. The second-order valence-electron chi connectivity index (χ2n) is 0.796. The smallest absolute Gasteiger partial charge is 0.511 e. The zero-order chi connectivity index (χ0) is 8.08. The molecule has 0 atom stereocenters. The second-order valence-corrected chi connectivity index (χ2v) is 2.39. The van der Waals surface area contributed by atoms with E-state index in [0.717, 1.165) is 0 Å². The Morgan fingerprint density at radius 3 is 1.10 bits per heavy atom. The fourth-order valence-electron chi connectivity index (χ4n) is 0. The van der Waals surface area contributed by atoms with E-state index < -0.39 is 17.0 Å².